The van der Waals surface area contributed by atoms with Gasteiger partial charge in [-0.05, 0) is 45.4 Å². The second-order valence-electron chi connectivity index (χ2n) is 7.50. The van der Waals surface area contributed by atoms with Gasteiger partial charge in [-0.1, -0.05) is 12.1 Å². The molecule has 1 aromatic carbocycles. The number of rotatable bonds is 8. The van der Waals surface area contributed by atoms with Crippen LogP contribution >= 0.6 is 0 Å². The minimum Gasteiger partial charge on any atom is -0.497 e. The minimum absolute atomic E-state index is 0.154. The molecule has 3 atom stereocenters. The SMILES string of the molecule is COC(=O)[C@H](Cc1ccc(OC)cc1)NC(=O)C(NC(=O)OC(C)(C)C)C(C)O. The predicted molar refractivity (Wildman–Crippen MR) is 105 cm³/mol. The Kier molecular flexibility index (Phi) is 8.90. The lowest BCUT2D eigenvalue weighted by atomic mass is 10.0. The van der Waals surface area contributed by atoms with Gasteiger partial charge in [-0.25, -0.2) is 9.59 Å². The van der Waals surface area contributed by atoms with Crippen LogP contribution in [0.3, 0.4) is 0 Å². The molecule has 0 saturated carbocycles. The van der Waals surface area contributed by atoms with Crippen molar-refractivity contribution in [1.29, 1.82) is 0 Å². The number of ether oxygens (including phenoxy) is 3. The van der Waals surface area contributed by atoms with Gasteiger partial charge in [-0.2, -0.15) is 0 Å². The molecular weight excluding hydrogens is 380 g/mol. The molecule has 0 bridgehead atoms. The fraction of sp³-hybridized carbons (Fsp3) is 0.550. The van der Waals surface area contributed by atoms with E-state index >= 15 is 0 Å². The van der Waals surface area contributed by atoms with E-state index < -0.39 is 41.8 Å². The molecule has 1 rings (SSSR count). The summed E-state index contributed by atoms with van der Waals surface area (Å²) in [5.74, 6) is -0.742. The molecule has 9 nitrogen and oxygen atoms in total. The van der Waals surface area contributed by atoms with Gasteiger partial charge >= 0.3 is 12.1 Å². The number of aliphatic hydroxyl groups is 1. The van der Waals surface area contributed by atoms with Crippen LogP contribution in [0.2, 0.25) is 0 Å². The summed E-state index contributed by atoms with van der Waals surface area (Å²) >= 11 is 0. The van der Waals surface area contributed by atoms with Gasteiger partial charge in [-0.3, -0.25) is 4.79 Å². The molecule has 162 valence electrons. The molecule has 0 saturated heterocycles. The number of carbonyl (C=O) groups is 3. The number of aliphatic hydroxyl groups excluding tert-OH is 1. The largest absolute Gasteiger partial charge is 0.497 e. The van der Waals surface area contributed by atoms with Gasteiger partial charge in [0.05, 0.1) is 20.3 Å². The third-order valence-corrected chi connectivity index (χ3v) is 3.84. The predicted octanol–water partition coefficient (Wildman–Crippen LogP) is 1.17. The van der Waals surface area contributed by atoms with E-state index in [1.54, 1.807) is 52.1 Å². The van der Waals surface area contributed by atoms with Crippen molar-refractivity contribution in [3.05, 3.63) is 29.8 Å². The van der Waals surface area contributed by atoms with E-state index in [-0.39, 0.29) is 6.42 Å². The van der Waals surface area contributed by atoms with Crippen LogP contribution in [-0.4, -0.2) is 61.1 Å². The van der Waals surface area contributed by atoms with Crippen LogP contribution in [0.1, 0.15) is 33.3 Å². The highest BCUT2D eigenvalue weighted by molar-refractivity contribution is 5.90. The van der Waals surface area contributed by atoms with E-state index in [0.717, 1.165) is 5.56 Å². The summed E-state index contributed by atoms with van der Waals surface area (Å²) in [5.41, 5.74) is -0.0117. The molecule has 2 amide bonds. The molecule has 0 aliphatic heterocycles. The number of methoxy groups -OCH3 is 2. The molecule has 0 fully saturated rings. The van der Waals surface area contributed by atoms with Crippen LogP contribution < -0.4 is 15.4 Å². The minimum atomic E-state index is -1.31. The third kappa shape index (κ3) is 8.39. The van der Waals surface area contributed by atoms with Crippen molar-refractivity contribution in [3.8, 4) is 5.75 Å². The maximum absolute atomic E-state index is 12.6. The summed E-state index contributed by atoms with van der Waals surface area (Å²) in [6.45, 7) is 6.36. The maximum Gasteiger partial charge on any atom is 0.408 e. The van der Waals surface area contributed by atoms with Gasteiger partial charge in [0.2, 0.25) is 5.91 Å². The standard InChI is InChI=1S/C20H30N2O7/c1-12(23)16(22-19(26)29-20(2,3)4)17(24)21-15(18(25)28-6)11-13-7-9-14(27-5)10-8-13/h7-10,12,15-16,23H,11H2,1-6H3,(H,21,24)(H,22,26)/t12?,15-,16?/m0/s1. The van der Waals surface area contributed by atoms with E-state index in [1.165, 1.54) is 14.0 Å². The topological polar surface area (TPSA) is 123 Å². The number of esters is 1. The van der Waals surface area contributed by atoms with Crippen molar-refractivity contribution in [1.82, 2.24) is 10.6 Å². The van der Waals surface area contributed by atoms with Crippen molar-refractivity contribution in [2.45, 2.75) is 57.9 Å². The number of benzene rings is 1. The van der Waals surface area contributed by atoms with Gasteiger partial charge in [0.1, 0.15) is 23.4 Å². The van der Waals surface area contributed by atoms with E-state index in [0.29, 0.717) is 5.75 Å². The molecule has 0 aliphatic carbocycles. The molecule has 0 spiro atoms. The zero-order valence-electron chi connectivity index (χ0n) is 17.6. The summed E-state index contributed by atoms with van der Waals surface area (Å²) < 4.78 is 15.0. The normalized spacial score (nSPS) is 14.2. The van der Waals surface area contributed by atoms with Crippen molar-refractivity contribution in [2.24, 2.45) is 0 Å². The summed E-state index contributed by atoms with van der Waals surface area (Å²) in [6.07, 6.45) is -1.92. The molecule has 1 aromatic rings. The lowest BCUT2D eigenvalue weighted by Gasteiger charge is -2.26. The van der Waals surface area contributed by atoms with E-state index in [2.05, 4.69) is 10.6 Å². The Bertz CT molecular complexity index is 696. The lowest BCUT2D eigenvalue weighted by Crippen LogP contribution is -2.56. The molecule has 0 radical (unpaired) electrons. The second kappa shape index (κ2) is 10.7. The van der Waals surface area contributed by atoms with Crippen molar-refractivity contribution >= 4 is 18.0 Å². The quantitative estimate of drug-likeness (QED) is 0.550. The smallest absolute Gasteiger partial charge is 0.408 e. The van der Waals surface area contributed by atoms with Gasteiger partial charge in [0.15, 0.2) is 0 Å². The molecule has 2 unspecified atom stereocenters. The molecule has 9 heteroatoms. The summed E-state index contributed by atoms with van der Waals surface area (Å²) in [6, 6.07) is 4.65. The first kappa shape index (κ1) is 24.2. The monoisotopic (exact) mass is 410 g/mol. The van der Waals surface area contributed by atoms with Crippen LogP contribution in [0, 0.1) is 0 Å². The number of nitrogens with one attached hydrogen (secondary N) is 2. The lowest BCUT2D eigenvalue weighted by molar-refractivity contribution is -0.145. The Morgan fingerprint density at radius 3 is 2.10 bits per heavy atom. The molecular formula is C20H30N2O7. The van der Waals surface area contributed by atoms with Gasteiger partial charge < -0.3 is 30.0 Å². The first-order valence-corrected chi connectivity index (χ1v) is 9.15. The van der Waals surface area contributed by atoms with Crippen LogP contribution in [-0.2, 0) is 25.5 Å². The molecule has 0 aliphatic rings. The summed E-state index contributed by atoms with van der Waals surface area (Å²) in [5, 5.41) is 14.8. The van der Waals surface area contributed by atoms with Gasteiger partial charge in [0.25, 0.3) is 0 Å². The van der Waals surface area contributed by atoms with Crippen LogP contribution in [0.25, 0.3) is 0 Å². The number of carbonyl (C=O) groups excluding carboxylic acids is 3. The fourth-order valence-electron chi connectivity index (χ4n) is 2.43. The molecule has 0 aromatic heterocycles. The molecule has 0 heterocycles. The van der Waals surface area contributed by atoms with Crippen molar-refractivity contribution in [3.63, 3.8) is 0 Å². The number of amides is 2. The highest BCUT2D eigenvalue weighted by atomic mass is 16.6. The highest BCUT2D eigenvalue weighted by Gasteiger charge is 2.31. The Balaban J connectivity index is 2.89. The number of alkyl carbamates (subject to hydrolysis) is 1. The maximum atomic E-state index is 12.6. The van der Waals surface area contributed by atoms with E-state index in [4.69, 9.17) is 14.2 Å². The van der Waals surface area contributed by atoms with Crippen molar-refractivity contribution < 1.29 is 33.7 Å². The Hall–Kier alpha value is -2.81. The Labute approximate surface area is 170 Å². The summed E-state index contributed by atoms with van der Waals surface area (Å²) in [4.78, 5) is 36.8. The first-order chi connectivity index (χ1) is 13.5. The first-order valence-electron chi connectivity index (χ1n) is 9.15. The number of hydrogen-bond acceptors (Lipinski definition) is 7. The van der Waals surface area contributed by atoms with E-state index in [9.17, 15) is 19.5 Å². The van der Waals surface area contributed by atoms with Crippen LogP contribution in [0.5, 0.6) is 5.75 Å². The van der Waals surface area contributed by atoms with Gasteiger partial charge in [0, 0.05) is 6.42 Å². The van der Waals surface area contributed by atoms with E-state index in [1.807, 2.05) is 0 Å². The zero-order valence-corrected chi connectivity index (χ0v) is 17.6. The van der Waals surface area contributed by atoms with Gasteiger partial charge in [-0.15, -0.1) is 0 Å². The van der Waals surface area contributed by atoms with Crippen LogP contribution in [0.15, 0.2) is 24.3 Å². The average molecular weight is 410 g/mol. The fourth-order valence-corrected chi connectivity index (χ4v) is 2.43. The molecule has 3 N–H and O–H groups in total. The Morgan fingerprint density at radius 1 is 1.07 bits per heavy atom. The highest BCUT2D eigenvalue weighted by Crippen LogP contribution is 2.13. The summed E-state index contributed by atoms with van der Waals surface area (Å²) in [7, 11) is 2.75. The van der Waals surface area contributed by atoms with Crippen LogP contribution in [0.4, 0.5) is 4.79 Å². The number of hydrogen-bond donors (Lipinski definition) is 3. The third-order valence-electron chi connectivity index (χ3n) is 3.84. The van der Waals surface area contributed by atoms with Crippen molar-refractivity contribution in [2.75, 3.05) is 14.2 Å². The zero-order chi connectivity index (χ0) is 22.2. The average Bonchev–Trinajstić information content (AvgIpc) is 2.63. The Morgan fingerprint density at radius 2 is 1.66 bits per heavy atom. The molecule has 29 heavy (non-hydrogen) atoms. The second-order valence-corrected chi connectivity index (χ2v) is 7.50.